The van der Waals surface area contributed by atoms with E-state index in [-0.39, 0.29) is 0 Å². The van der Waals surface area contributed by atoms with Gasteiger partial charge in [-0.2, -0.15) is 27.1 Å². The van der Waals surface area contributed by atoms with E-state index in [1.165, 1.54) is 0 Å². The molecule has 0 radical (unpaired) electrons. The van der Waals surface area contributed by atoms with Crippen molar-refractivity contribution in [2.45, 2.75) is 0 Å². The van der Waals surface area contributed by atoms with Gasteiger partial charge in [0.1, 0.15) is 0 Å². The van der Waals surface area contributed by atoms with Gasteiger partial charge in [-0.25, -0.2) is 9.34 Å². The maximum absolute atomic E-state index is 5.95. The SMILES string of the molecule is CN1CCO[P@@]12=NP(Cl)(Cl)=NP(Cl)(Cl)=N2.CN1CCO[P@]12=NP(Cl)(Cl)=NP(Cl)(Cl)=N2. The third-order valence-corrected chi connectivity index (χ3v) is 27.2. The van der Waals surface area contributed by atoms with E-state index >= 15 is 0 Å². The summed E-state index contributed by atoms with van der Waals surface area (Å²) in [4.78, 5) is 0. The van der Waals surface area contributed by atoms with E-state index in [2.05, 4.69) is 27.1 Å². The molecule has 4 rings (SSSR count). The third kappa shape index (κ3) is 6.85. The summed E-state index contributed by atoms with van der Waals surface area (Å²) in [6.07, 6.45) is 0. The first-order chi connectivity index (χ1) is 13.5. The van der Waals surface area contributed by atoms with E-state index in [9.17, 15) is 0 Å². The van der Waals surface area contributed by atoms with Crippen LogP contribution in [-0.4, -0.2) is 49.7 Å². The maximum atomic E-state index is 5.95. The van der Waals surface area contributed by atoms with Crippen molar-refractivity contribution >= 4 is 129 Å². The Bertz CT molecular complexity index is 969. The molecule has 0 N–H and O–H groups in total. The first kappa shape index (κ1) is 28.1. The van der Waals surface area contributed by atoms with Crippen LogP contribution in [0, 0.1) is 0 Å². The van der Waals surface area contributed by atoms with Crippen LogP contribution in [0.1, 0.15) is 0 Å². The Morgan fingerprint density at radius 1 is 0.533 bits per heavy atom. The number of halogens is 8. The second-order valence-electron chi connectivity index (χ2n) is 5.81. The van der Waals surface area contributed by atoms with Gasteiger partial charge in [0.25, 0.3) is 38.8 Å². The molecule has 4 aliphatic heterocycles. The lowest BCUT2D eigenvalue weighted by atomic mass is 10.7. The molecule has 0 amide bonds. The van der Waals surface area contributed by atoms with Gasteiger partial charge in [0.05, 0.1) is 13.2 Å². The van der Waals surface area contributed by atoms with E-state index in [1.54, 1.807) is 0 Å². The van der Waals surface area contributed by atoms with Crippen molar-refractivity contribution in [3.05, 3.63) is 0 Å². The number of hydrogen-bond acceptors (Lipinski definition) is 10. The van der Waals surface area contributed by atoms with E-state index in [1.807, 2.05) is 23.4 Å². The number of hydrogen-bond donors (Lipinski definition) is 0. The molecule has 2 spiro atoms. The van der Waals surface area contributed by atoms with E-state index < -0.39 is 38.8 Å². The molecule has 0 bridgehead atoms. The maximum Gasteiger partial charge on any atom is 0.281 e. The number of likely N-dealkylation sites (N-methyl/N-ethyl adjacent to an activating group) is 2. The second-order valence-corrected chi connectivity index (χ2v) is 31.1. The minimum Gasteiger partial charge on any atom is -0.314 e. The van der Waals surface area contributed by atoms with Gasteiger partial charge >= 0.3 is 0 Å². The summed E-state index contributed by atoms with van der Waals surface area (Å²) in [5.41, 5.74) is 0. The van der Waals surface area contributed by atoms with Crippen LogP contribution in [-0.2, 0) is 9.05 Å². The van der Waals surface area contributed by atoms with Crippen molar-refractivity contribution in [2.24, 2.45) is 27.1 Å². The van der Waals surface area contributed by atoms with Crippen LogP contribution in [0.3, 0.4) is 0 Å². The molecule has 2 atom stereocenters. The molecule has 0 saturated carbocycles. The quantitative estimate of drug-likeness (QED) is 0.235. The molecule has 176 valence electrons. The van der Waals surface area contributed by atoms with Gasteiger partial charge in [-0.3, -0.25) is 0 Å². The fourth-order valence-corrected chi connectivity index (χ4v) is 32.3. The molecule has 10 nitrogen and oxygen atoms in total. The molecule has 0 aromatic heterocycles. The first-order valence-electron chi connectivity index (χ1n) is 7.62. The molecular weight excluding hydrogens is 686 g/mol. The van der Waals surface area contributed by atoms with Crippen molar-refractivity contribution in [1.29, 1.82) is 0 Å². The van der Waals surface area contributed by atoms with E-state index in [0.29, 0.717) is 26.3 Å². The highest BCUT2D eigenvalue weighted by atomic mass is 35.9. The Morgan fingerprint density at radius 2 is 0.833 bits per heavy atom. The van der Waals surface area contributed by atoms with Crippen LogP contribution in [0.5, 0.6) is 0 Å². The highest BCUT2D eigenvalue weighted by molar-refractivity contribution is 8.21. The minimum atomic E-state index is -2.84. The van der Waals surface area contributed by atoms with Crippen LogP contribution in [0.15, 0.2) is 27.1 Å². The summed E-state index contributed by atoms with van der Waals surface area (Å²) in [7, 11) is -1.36. The summed E-state index contributed by atoms with van der Waals surface area (Å²) in [5.74, 6) is -11.4. The van der Waals surface area contributed by atoms with Gasteiger partial charge in [0.15, 0.2) is 0 Å². The molecule has 30 heavy (non-hydrogen) atoms. The van der Waals surface area contributed by atoms with Crippen molar-refractivity contribution in [1.82, 2.24) is 9.34 Å². The molecular formula is C6H14Cl8N8O2P6. The van der Waals surface area contributed by atoms with Crippen molar-refractivity contribution in [3.8, 4) is 0 Å². The monoisotopic (exact) mass is 696 g/mol. The van der Waals surface area contributed by atoms with Gasteiger partial charge in [0.2, 0.25) is 0 Å². The summed E-state index contributed by atoms with van der Waals surface area (Å²) in [6, 6.07) is 0. The Hall–Kier alpha value is 3.54. The highest BCUT2D eigenvalue weighted by Crippen LogP contribution is 2.87. The summed E-state index contributed by atoms with van der Waals surface area (Å²) in [6.45, 7) is 2.47. The largest absolute Gasteiger partial charge is 0.314 e. The lowest BCUT2D eigenvalue weighted by molar-refractivity contribution is 0.390. The second kappa shape index (κ2) is 9.78. The Morgan fingerprint density at radius 3 is 1.07 bits per heavy atom. The average Bonchev–Trinajstić information content (AvgIpc) is 2.97. The summed E-state index contributed by atoms with van der Waals surface area (Å²) in [5, 5.41) is 0. The zero-order chi connectivity index (χ0) is 22.6. The number of nitrogens with zero attached hydrogens (tertiary/aromatic N) is 8. The molecule has 0 aliphatic carbocycles. The Balaban J connectivity index is 0.000000171. The molecule has 0 unspecified atom stereocenters. The van der Waals surface area contributed by atoms with Gasteiger partial charge in [-0.05, 0) is 104 Å². The fraction of sp³-hybridized carbons (Fsp3) is 1.00. The summed E-state index contributed by atoms with van der Waals surface area (Å²) < 4.78 is 39.3. The molecule has 2 saturated heterocycles. The van der Waals surface area contributed by atoms with Crippen LogP contribution >= 0.6 is 129 Å². The Labute approximate surface area is 213 Å². The number of rotatable bonds is 0. The Kier molecular flexibility index (Phi) is 9.16. The fourth-order valence-electron chi connectivity index (χ4n) is 2.35. The predicted octanol–water partition coefficient (Wildman–Crippen LogP) is 11.5. The summed E-state index contributed by atoms with van der Waals surface area (Å²) >= 11 is 47.6. The van der Waals surface area contributed by atoms with Crippen LogP contribution in [0.4, 0.5) is 0 Å². The van der Waals surface area contributed by atoms with E-state index in [0.717, 1.165) is 0 Å². The highest BCUT2D eigenvalue weighted by Gasteiger charge is 2.41. The molecule has 4 heterocycles. The molecule has 4 aliphatic rings. The first-order valence-corrected chi connectivity index (χ1v) is 24.8. The molecule has 0 aromatic carbocycles. The van der Waals surface area contributed by atoms with Crippen LogP contribution in [0.2, 0.25) is 0 Å². The lowest BCUT2D eigenvalue weighted by Crippen LogP contribution is -2.08. The average molecular weight is 700 g/mol. The van der Waals surface area contributed by atoms with Gasteiger partial charge in [-0.1, -0.05) is 0 Å². The zero-order valence-electron chi connectivity index (χ0n) is 14.9. The smallest absolute Gasteiger partial charge is 0.281 e. The standard InChI is InChI=1S/2C3H7Cl4N4OP3/c2*1-11-2-3-12-15(11)9-13(4,5)8-14(6,7)10-15/h2*2-3H2,1H3. The van der Waals surface area contributed by atoms with Crippen LogP contribution < -0.4 is 0 Å². The molecule has 24 heteroatoms. The predicted molar refractivity (Wildman–Crippen MR) is 140 cm³/mol. The minimum absolute atomic E-state index is 0.527. The van der Waals surface area contributed by atoms with Crippen LogP contribution in [0.25, 0.3) is 0 Å². The molecule has 0 aromatic rings. The lowest BCUT2D eigenvalue weighted by Gasteiger charge is -2.26. The molecule has 2 fully saturated rings. The van der Waals surface area contributed by atoms with E-state index in [4.69, 9.17) is 99.0 Å². The topological polar surface area (TPSA) is 99.1 Å². The van der Waals surface area contributed by atoms with Gasteiger partial charge < -0.3 is 9.05 Å². The van der Waals surface area contributed by atoms with Gasteiger partial charge in [0, 0.05) is 13.1 Å². The zero-order valence-corrected chi connectivity index (χ0v) is 26.3. The normalized spacial score (nSPS) is 38.2. The van der Waals surface area contributed by atoms with Crippen molar-refractivity contribution < 1.29 is 9.05 Å². The third-order valence-electron chi connectivity index (χ3n) is 3.58. The van der Waals surface area contributed by atoms with Gasteiger partial charge in [-0.15, -0.1) is 0 Å². The van der Waals surface area contributed by atoms with Crippen molar-refractivity contribution in [3.63, 3.8) is 0 Å². The van der Waals surface area contributed by atoms with Crippen molar-refractivity contribution in [2.75, 3.05) is 40.4 Å².